The summed E-state index contributed by atoms with van der Waals surface area (Å²) in [7, 11) is 0. The van der Waals surface area contributed by atoms with Crippen LogP contribution in [0.3, 0.4) is 0 Å². The third-order valence-electron chi connectivity index (χ3n) is 13.9. The van der Waals surface area contributed by atoms with Gasteiger partial charge in [0.15, 0.2) is 0 Å². The molecule has 0 heterocycles. The number of hydrogen-bond donors (Lipinski definition) is 3. The Morgan fingerprint density at radius 1 is 0.820 bits per heavy atom. The highest BCUT2D eigenvalue weighted by Gasteiger charge is 2.64. The van der Waals surface area contributed by atoms with Gasteiger partial charge in [-0.15, -0.1) is 0 Å². The summed E-state index contributed by atoms with van der Waals surface area (Å²) in [6.45, 7) is 19.0. The zero-order valence-corrected chi connectivity index (χ0v) is 33.8. The van der Waals surface area contributed by atoms with Crippen LogP contribution < -0.4 is 16.8 Å². The molecule has 0 bridgehead atoms. The van der Waals surface area contributed by atoms with Crippen LogP contribution in [0.5, 0.6) is 0 Å². The van der Waals surface area contributed by atoms with Crippen molar-refractivity contribution in [1.82, 2.24) is 5.32 Å². The molecule has 50 heavy (non-hydrogen) atoms. The molecule has 0 radical (unpaired) electrons. The van der Waals surface area contributed by atoms with Crippen LogP contribution in [0, 0.1) is 40.4 Å². The van der Waals surface area contributed by atoms with E-state index in [0.29, 0.717) is 61.3 Å². The Balaban J connectivity index is 1.77. The molecule has 294 valence electrons. The van der Waals surface area contributed by atoms with Gasteiger partial charge in [0.25, 0.3) is 0 Å². The number of amides is 1. The first-order valence-corrected chi connectivity index (χ1v) is 21.7. The molecule has 0 spiro atoms. The fraction of sp³-hybridized carbons (Fsp3) is 0.977. The second kappa shape index (κ2) is 23.1. The second-order valence-electron chi connectivity index (χ2n) is 17.2. The molecule has 3 rings (SSSR count). The van der Waals surface area contributed by atoms with E-state index in [1.165, 1.54) is 64.2 Å². The van der Waals surface area contributed by atoms with Crippen LogP contribution in [0.4, 0.5) is 0 Å². The number of nitrogens with one attached hydrogen (secondary N) is 1. The fourth-order valence-electron chi connectivity index (χ4n) is 10.7. The lowest BCUT2D eigenvalue weighted by molar-refractivity contribution is -0.205. The Kier molecular flexibility index (Phi) is 20.2. The van der Waals surface area contributed by atoms with Crippen molar-refractivity contribution in [2.24, 2.45) is 51.9 Å². The molecule has 3 aliphatic carbocycles. The Morgan fingerprint density at radius 2 is 1.52 bits per heavy atom. The zero-order chi connectivity index (χ0) is 36.4. The van der Waals surface area contributed by atoms with E-state index in [1.54, 1.807) is 0 Å². The van der Waals surface area contributed by atoms with E-state index in [4.69, 9.17) is 25.7 Å². The molecule has 0 aliphatic heterocycles. The van der Waals surface area contributed by atoms with E-state index < -0.39 is 0 Å². The number of ether oxygens (including phenoxy) is 3. The molecule has 7 heteroatoms. The van der Waals surface area contributed by atoms with Gasteiger partial charge in [-0.2, -0.15) is 0 Å². The first-order valence-electron chi connectivity index (χ1n) is 21.7. The zero-order valence-electron chi connectivity index (χ0n) is 33.8. The van der Waals surface area contributed by atoms with Crippen molar-refractivity contribution in [2.75, 3.05) is 39.5 Å². The van der Waals surface area contributed by atoms with Gasteiger partial charge in [0.2, 0.25) is 5.91 Å². The molecule has 0 saturated heterocycles. The van der Waals surface area contributed by atoms with Gasteiger partial charge in [-0.25, -0.2) is 0 Å². The summed E-state index contributed by atoms with van der Waals surface area (Å²) >= 11 is 0. The van der Waals surface area contributed by atoms with Gasteiger partial charge in [0, 0.05) is 38.2 Å². The molecule has 0 aromatic rings. The molecule has 5 N–H and O–H groups in total. The highest BCUT2D eigenvalue weighted by molar-refractivity contribution is 5.75. The van der Waals surface area contributed by atoms with Crippen LogP contribution in [0.2, 0.25) is 0 Å². The van der Waals surface area contributed by atoms with Gasteiger partial charge in [0.1, 0.15) is 0 Å². The van der Waals surface area contributed by atoms with Crippen molar-refractivity contribution in [2.45, 2.75) is 188 Å². The number of nitrogens with two attached hydrogens (primary N) is 2. The summed E-state index contributed by atoms with van der Waals surface area (Å²) in [6.07, 6.45) is 23.4. The number of rotatable bonds is 27. The lowest BCUT2D eigenvalue weighted by atomic mass is 9.46. The predicted molar refractivity (Wildman–Crippen MR) is 209 cm³/mol. The first kappa shape index (κ1) is 43.7. The predicted octanol–water partition coefficient (Wildman–Crippen LogP) is 9.19. The number of carbonyl (C=O) groups excluding carboxylic acids is 1. The number of carbonyl (C=O) groups is 1. The van der Waals surface area contributed by atoms with Crippen LogP contribution in [0.1, 0.15) is 170 Å². The van der Waals surface area contributed by atoms with Crippen molar-refractivity contribution < 1.29 is 19.0 Å². The van der Waals surface area contributed by atoms with Crippen molar-refractivity contribution in [3.8, 4) is 0 Å². The summed E-state index contributed by atoms with van der Waals surface area (Å²) in [5, 5.41) is 3.24. The second-order valence-corrected chi connectivity index (χ2v) is 17.2. The van der Waals surface area contributed by atoms with E-state index in [1.807, 2.05) is 0 Å². The monoisotopic (exact) mass is 706 g/mol. The molecule has 0 aromatic heterocycles. The molecular formula is C43H83N3O4. The minimum absolute atomic E-state index is 0.0754. The quantitative estimate of drug-likeness (QED) is 0.0736. The molecular weight excluding hydrogens is 622 g/mol. The Labute approximate surface area is 309 Å². The lowest BCUT2D eigenvalue weighted by Gasteiger charge is -2.61. The summed E-state index contributed by atoms with van der Waals surface area (Å²) in [6, 6.07) is 0. The van der Waals surface area contributed by atoms with Gasteiger partial charge in [-0.3, -0.25) is 4.79 Å². The van der Waals surface area contributed by atoms with Gasteiger partial charge in [-0.05, 0) is 132 Å². The number of unbranched alkanes of at least 4 members (excludes halogenated alkanes) is 6. The molecule has 3 saturated carbocycles. The maximum absolute atomic E-state index is 13.0. The molecule has 1 amide bonds. The molecule has 1 unspecified atom stereocenters. The summed E-state index contributed by atoms with van der Waals surface area (Å²) in [5.41, 5.74) is 12.1. The largest absolute Gasteiger partial charge is 0.378 e. The average molecular weight is 706 g/mol. The standard InChI is InChI=1S/C43H83N3O4/c1-7-10-12-13-14-15-28-46-40(47)21-18-33(4)35-19-20-36-41-37(32-39(43(35,36)6)50-31-17-27-45)42(5,25-23-38(41)49-29-11-8-2)24-22-34(9-3)48-30-16-26-44/h33-39,41H,7-32,44-45H2,1-6H3,(H,46,47)/t33-,34+,35-,36+,37+,38-,39+,41?,42+,43-/m1/s1. The smallest absolute Gasteiger partial charge is 0.220 e. The maximum Gasteiger partial charge on any atom is 0.220 e. The lowest BCUT2D eigenvalue weighted by Crippen LogP contribution is -2.60. The van der Waals surface area contributed by atoms with Crippen LogP contribution in [-0.4, -0.2) is 63.7 Å². The third-order valence-corrected chi connectivity index (χ3v) is 13.9. The van der Waals surface area contributed by atoms with E-state index in [-0.39, 0.29) is 22.8 Å². The van der Waals surface area contributed by atoms with E-state index >= 15 is 0 Å². The Bertz CT molecular complexity index is 921. The van der Waals surface area contributed by atoms with E-state index in [0.717, 1.165) is 84.2 Å². The molecule has 3 aliphatic rings. The molecule has 3 fully saturated rings. The molecule has 10 atom stereocenters. The average Bonchev–Trinajstić information content (AvgIpc) is 3.47. The molecule has 7 nitrogen and oxygen atoms in total. The fourth-order valence-corrected chi connectivity index (χ4v) is 10.7. The van der Waals surface area contributed by atoms with Crippen molar-refractivity contribution in [3.63, 3.8) is 0 Å². The number of hydrogen-bond acceptors (Lipinski definition) is 6. The highest BCUT2D eigenvalue weighted by atomic mass is 16.5. The van der Waals surface area contributed by atoms with Crippen LogP contribution in [-0.2, 0) is 19.0 Å². The third kappa shape index (κ3) is 12.1. The van der Waals surface area contributed by atoms with Crippen molar-refractivity contribution in [1.29, 1.82) is 0 Å². The van der Waals surface area contributed by atoms with Gasteiger partial charge in [0.05, 0.1) is 18.3 Å². The normalized spacial score (nSPS) is 32.0. The van der Waals surface area contributed by atoms with E-state index in [2.05, 4.69) is 46.9 Å². The van der Waals surface area contributed by atoms with Gasteiger partial charge < -0.3 is 31.0 Å². The Hall–Kier alpha value is -0.730. The summed E-state index contributed by atoms with van der Waals surface area (Å²) in [4.78, 5) is 13.0. The van der Waals surface area contributed by atoms with Gasteiger partial charge >= 0.3 is 0 Å². The van der Waals surface area contributed by atoms with E-state index in [9.17, 15) is 4.79 Å². The minimum atomic E-state index is 0.0754. The highest BCUT2D eigenvalue weighted by Crippen LogP contribution is 2.67. The van der Waals surface area contributed by atoms with Crippen molar-refractivity contribution >= 4 is 5.91 Å². The Morgan fingerprint density at radius 3 is 2.24 bits per heavy atom. The SMILES string of the molecule is CCCCCCCCNC(=O)CC[C@@H](C)[C@H]1CC[C@H]2C3[C@H](OCCCC)CC[C@](C)(CC[C@H](CC)OCCCN)[C@H]3C[C@H](OCCCN)[C@]12C. The maximum atomic E-state index is 13.0. The summed E-state index contributed by atoms with van der Waals surface area (Å²) < 4.78 is 20.2. The van der Waals surface area contributed by atoms with Gasteiger partial charge in [-0.1, -0.05) is 80.1 Å². The topological polar surface area (TPSA) is 109 Å². The van der Waals surface area contributed by atoms with Crippen LogP contribution in [0.15, 0.2) is 0 Å². The van der Waals surface area contributed by atoms with Crippen LogP contribution >= 0.6 is 0 Å². The molecule has 0 aromatic carbocycles. The van der Waals surface area contributed by atoms with Crippen molar-refractivity contribution in [3.05, 3.63) is 0 Å². The van der Waals surface area contributed by atoms with Crippen LogP contribution in [0.25, 0.3) is 0 Å². The first-order chi connectivity index (χ1) is 24.2. The minimum Gasteiger partial charge on any atom is -0.378 e. The number of fused-ring (bicyclic) bond motifs is 3. The summed E-state index contributed by atoms with van der Waals surface area (Å²) in [5.74, 6) is 2.97.